The van der Waals surface area contributed by atoms with Gasteiger partial charge in [-0.3, -0.25) is 9.00 Å². The summed E-state index contributed by atoms with van der Waals surface area (Å²) in [5.74, 6) is -0.876. The van der Waals surface area contributed by atoms with Crippen LogP contribution in [0.1, 0.15) is 18.2 Å². The number of carbonyl (C=O) groups is 1. The first kappa shape index (κ1) is 23.2. The number of carbonyl (C=O) groups excluding carboxylic acids is 1. The van der Waals surface area contributed by atoms with E-state index in [2.05, 4.69) is 10.4 Å². The molecule has 7 nitrogen and oxygen atoms in total. The van der Waals surface area contributed by atoms with Crippen molar-refractivity contribution in [3.63, 3.8) is 0 Å². The summed E-state index contributed by atoms with van der Waals surface area (Å²) in [5.41, 5.74) is -1.63. The SMILES string of the molecule is CCOCC(=O)Nc1c(S(C)=O)c(C#N)nn1-c1c(Cl)cc(C(F)(F)F)cc1Cl. The number of nitrogens with one attached hydrogen (secondary N) is 1. The van der Waals surface area contributed by atoms with Crippen molar-refractivity contribution in [2.24, 2.45) is 0 Å². The van der Waals surface area contributed by atoms with Gasteiger partial charge < -0.3 is 10.1 Å². The molecule has 156 valence electrons. The van der Waals surface area contributed by atoms with Crippen LogP contribution in [0.4, 0.5) is 19.0 Å². The zero-order valence-corrected chi connectivity index (χ0v) is 17.3. The third-order valence-electron chi connectivity index (χ3n) is 3.49. The van der Waals surface area contributed by atoms with Gasteiger partial charge in [-0.1, -0.05) is 23.2 Å². The standard InChI is InChI=1S/C16H13Cl2F3N4O3S/c1-3-28-7-12(26)23-15-14(29(2)27)11(6-22)24-25(15)13-9(17)4-8(5-10(13)18)16(19,20)21/h4-5H,3,7H2,1-2H3,(H,23,26). The van der Waals surface area contributed by atoms with Crippen LogP contribution in [-0.2, 0) is 26.5 Å². The number of benzene rings is 1. The van der Waals surface area contributed by atoms with Crippen molar-refractivity contribution in [2.75, 3.05) is 24.8 Å². The highest BCUT2D eigenvalue weighted by Crippen LogP contribution is 2.39. The second-order valence-corrected chi connectivity index (χ2v) is 7.61. The second kappa shape index (κ2) is 9.13. The van der Waals surface area contributed by atoms with E-state index in [1.54, 1.807) is 13.0 Å². The van der Waals surface area contributed by atoms with E-state index in [0.717, 1.165) is 4.68 Å². The van der Waals surface area contributed by atoms with Crippen molar-refractivity contribution >= 4 is 45.7 Å². The molecule has 0 aliphatic rings. The Labute approximate surface area is 175 Å². The Morgan fingerprint density at radius 3 is 2.41 bits per heavy atom. The van der Waals surface area contributed by atoms with Crippen molar-refractivity contribution in [1.29, 1.82) is 5.26 Å². The van der Waals surface area contributed by atoms with Gasteiger partial charge in [0.05, 0.1) is 26.4 Å². The Bertz CT molecular complexity index is 995. The molecule has 1 N–H and O–H groups in total. The van der Waals surface area contributed by atoms with E-state index in [9.17, 15) is 27.4 Å². The number of nitrogens with zero attached hydrogens (tertiary/aromatic N) is 3. The van der Waals surface area contributed by atoms with E-state index in [4.69, 9.17) is 27.9 Å². The number of nitriles is 1. The predicted molar refractivity (Wildman–Crippen MR) is 101 cm³/mol. The molecule has 2 rings (SSSR count). The molecule has 1 aromatic carbocycles. The second-order valence-electron chi connectivity index (χ2n) is 5.48. The first-order valence-corrected chi connectivity index (χ1v) is 10.1. The van der Waals surface area contributed by atoms with Crippen molar-refractivity contribution in [3.8, 4) is 11.8 Å². The van der Waals surface area contributed by atoms with Gasteiger partial charge in [0, 0.05) is 12.9 Å². The molecule has 13 heteroatoms. The van der Waals surface area contributed by atoms with E-state index in [0.29, 0.717) is 12.1 Å². The zero-order valence-electron chi connectivity index (χ0n) is 14.9. The Balaban J connectivity index is 2.71. The first-order valence-electron chi connectivity index (χ1n) is 7.82. The van der Waals surface area contributed by atoms with E-state index in [1.807, 2.05) is 0 Å². The fourth-order valence-corrected chi connectivity index (χ4v) is 3.73. The molecule has 1 heterocycles. The summed E-state index contributed by atoms with van der Waals surface area (Å²) in [4.78, 5) is 12.0. The summed E-state index contributed by atoms with van der Waals surface area (Å²) in [7, 11) is -1.79. The molecule has 1 atom stereocenters. The number of alkyl halides is 3. The van der Waals surface area contributed by atoms with Gasteiger partial charge in [0.25, 0.3) is 5.91 Å². The van der Waals surface area contributed by atoms with Crippen LogP contribution in [0.3, 0.4) is 0 Å². The lowest BCUT2D eigenvalue weighted by atomic mass is 10.2. The molecule has 0 spiro atoms. The largest absolute Gasteiger partial charge is 0.416 e. The highest BCUT2D eigenvalue weighted by atomic mass is 35.5. The van der Waals surface area contributed by atoms with Crippen LogP contribution in [0.5, 0.6) is 0 Å². The molecule has 0 saturated heterocycles. The Morgan fingerprint density at radius 2 is 1.97 bits per heavy atom. The van der Waals surface area contributed by atoms with Crippen LogP contribution >= 0.6 is 23.2 Å². The first-order chi connectivity index (χ1) is 13.5. The average molecular weight is 469 g/mol. The lowest BCUT2D eigenvalue weighted by molar-refractivity contribution is -0.137. The summed E-state index contributed by atoms with van der Waals surface area (Å²) in [5, 5.41) is 14.8. The maximum atomic E-state index is 13.0. The van der Waals surface area contributed by atoms with Crippen LogP contribution in [0, 0.1) is 11.3 Å². The maximum Gasteiger partial charge on any atom is 0.416 e. The van der Waals surface area contributed by atoms with Crippen LogP contribution in [0.15, 0.2) is 17.0 Å². The number of hydrogen-bond acceptors (Lipinski definition) is 5. The molecule has 0 aliphatic heterocycles. The fraction of sp³-hybridized carbons (Fsp3) is 0.312. The number of rotatable bonds is 6. The highest BCUT2D eigenvalue weighted by molar-refractivity contribution is 7.84. The van der Waals surface area contributed by atoms with Crippen LogP contribution < -0.4 is 5.32 Å². The van der Waals surface area contributed by atoms with Gasteiger partial charge in [-0.2, -0.15) is 23.5 Å². The van der Waals surface area contributed by atoms with E-state index in [-0.39, 0.29) is 35.3 Å². The van der Waals surface area contributed by atoms with Gasteiger partial charge in [0.1, 0.15) is 23.3 Å². The Kier molecular flexibility index (Phi) is 7.29. The lowest BCUT2D eigenvalue weighted by Gasteiger charge is -2.15. The molecule has 0 aliphatic carbocycles. The highest BCUT2D eigenvalue weighted by Gasteiger charge is 2.33. The van der Waals surface area contributed by atoms with Gasteiger partial charge in [-0.25, -0.2) is 4.68 Å². The minimum atomic E-state index is -4.70. The van der Waals surface area contributed by atoms with Crippen molar-refractivity contribution in [3.05, 3.63) is 33.4 Å². The van der Waals surface area contributed by atoms with Crippen LogP contribution in [-0.4, -0.2) is 39.4 Å². The molecule has 0 fully saturated rings. The summed E-state index contributed by atoms with van der Waals surface area (Å²) >= 11 is 12.0. The number of halogens is 5. The lowest BCUT2D eigenvalue weighted by Crippen LogP contribution is -2.21. The van der Waals surface area contributed by atoms with Gasteiger partial charge in [0.2, 0.25) is 0 Å². The van der Waals surface area contributed by atoms with E-state index in [1.165, 1.54) is 6.26 Å². The molecule has 2 aromatic rings. The maximum absolute atomic E-state index is 13.0. The predicted octanol–water partition coefficient (Wildman–Crippen LogP) is 3.78. The Morgan fingerprint density at radius 1 is 1.38 bits per heavy atom. The molecular formula is C16H13Cl2F3N4O3S. The van der Waals surface area contributed by atoms with E-state index >= 15 is 0 Å². The van der Waals surface area contributed by atoms with Crippen LogP contribution in [0.25, 0.3) is 5.69 Å². The van der Waals surface area contributed by atoms with Gasteiger partial charge in [-0.05, 0) is 19.1 Å². The third kappa shape index (κ3) is 5.08. The molecular weight excluding hydrogens is 456 g/mol. The topological polar surface area (TPSA) is 97.0 Å². The molecule has 0 radical (unpaired) electrons. The van der Waals surface area contributed by atoms with Gasteiger partial charge in [-0.15, -0.1) is 0 Å². The van der Waals surface area contributed by atoms with Crippen molar-refractivity contribution in [2.45, 2.75) is 18.0 Å². The van der Waals surface area contributed by atoms with Gasteiger partial charge >= 0.3 is 6.18 Å². The minimum absolute atomic E-state index is 0.135. The van der Waals surface area contributed by atoms with E-state index < -0.39 is 38.5 Å². The molecule has 0 saturated carbocycles. The molecule has 1 unspecified atom stereocenters. The zero-order chi connectivity index (χ0) is 21.9. The van der Waals surface area contributed by atoms with Crippen LogP contribution in [0.2, 0.25) is 10.0 Å². The third-order valence-corrected chi connectivity index (χ3v) is 5.02. The monoisotopic (exact) mass is 468 g/mol. The molecule has 1 amide bonds. The summed E-state index contributed by atoms with van der Waals surface area (Å²) in [6.07, 6.45) is -3.45. The fourth-order valence-electron chi connectivity index (χ4n) is 2.32. The van der Waals surface area contributed by atoms with Crippen molar-refractivity contribution < 1.29 is 26.9 Å². The normalized spacial score (nSPS) is 12.5. The smallest absolute Gasteiger partial charge is 0.372 e. The summed E-state index contributed by atoms with van der Waals surface area (Å²) in [6.45, 7) is 1.56. The molecule has 29 heavy (non-hydrogen) atoms. The molecule has 1 aromatic heterocycles. The summed E-state index contributed by atoms with van der Waals surface area (Å²) in [6, 6.07) is 2.98. The van der Waals surface area contributed by atoms with Crippen molar-refractivity contribution in [1.82, 2.24) is 9.78 Å². The van der Waals surface area contributed by atoms with Gasteiger partial charge in [0.15, 0.2) is 11.5 Å². The quantitative estimate of drug-likeness (QED) is 0.695. The number of hydrogen-bond donors (Lipinski definition) is 1. The number of amides is 1. The number of aromatic nitrogens is 2. The number of ether oxygens (including phenoxy) is 1. The summed E-state index contributed by atoms with van der Waals surface area (Å²) < 4.78 is 57.0. The minimum Gasteiger partial charge on any atom is -0.372 e. The average Bonchev–Trinajstić information content (AvgIpc) is 2.96. The number of anilines is 1. The molecule has 0 bridgehead atoms. The Hall–Kier alpha value is -2.13.